The lowest BCUT2D eigenvalue weighted by atomic mass is 9.96. The van der Waals surface area contributed by atoms with Crippen LogP contribution < -0.4 is 0 Å². The number of nitrogens with zero attached hydrogens (tertiary/aromatic N) is 2. The topological polar surface area (TPSA) is 57.7 Å². The monoisotopic (exact) mass is 434 g/mol. The van der Waals surface area contributed by atoms with Crippen molar-refractivity contribution in [2.24, 2.45) is 5.92 Å². The van der Waals surface area contributed by atoms with Gasteiger partial charge < -0.3 is 4.90 Å². The Morgan fingerprint density at radius 3 is 2.28 bits per heavy atom. The number of sulfonamides is 1. The molecule has 0 spiro atoms. The Morgan fingerprint density at radius 1 is 1.07 bits per heavy atom. The van der Waals surface area contributed by atoms with Crippen LogP contribution in [0, 0.1) is 5.92 Å². The first-order valence-electron chi connectivity index (χ1n) is 10.00. The molecule has 0 aliphatic carbocycles. The molecule has 0 aromatic heterocycles. The Kier molecular flexibility index (Phi) is 7.33. The van der Waals surface area contributed by atoms with Gasteiger partial charge >= 0.3 is 0 Å². The maximum absolute atomic E-state index is 13.1. The zero-order chi connectivity index (χ0) is 20.9. The smallest absolute Gasteiger partial charge is 0.243 e. The summed E-state index contributed by atoms with van der Waals surface area (Å²) in [4.78, 5) is 15.2. The Bertz CT molecular complexity index is 909. The fraction of sp³-hybridized carbons (Fsp3) is 0.409. The SMILES string of the molecule is CCCN(Cc1ccccc1)C(=O)C1CCN(S(=O)(=O)c2ccc(Cl)cc2)CC1. The predicted molar refractivity (Wildman–Crippen MR) is 115 cm³/mol. The molecular formula is C22H27ClN2O3S. The molecule has 3 rings (SSSR count). The van der Waals surface area contributed by atoms with E-state index >= 15 is 0 Å². The van der Waals surface area contributed by atoms with Crippen LogP contribution in [0.25, 0.3) is 0 Å². The molecular weight excluding hydrogens is 408 g/mol. The van der Waals surface area contributed by atoms with Crippen molar-refractivity contribution in [3.63, 3.8) is 0 Å². The van der Waals surface area contributed by atoms with Gasteiger partial charge in [-0.3, -0.25) is 4.79 Å². The first-order chi connectivity index (χ1) is 13.9. The Hall–Kier alpha value is -1.89. The molecule has 0 saturated carbocycles. The van der Waals surface area contributed by atoms with Crippen LogP contribution in [0.15, 0.2) is 59.5 Å². The van der Waals surface area contributed by atoms with Gasteiger partial charge in [-0.05, 0) is 49.1 Å². The van der Waals surface area contributed by atoms with E-state index in [4.69, 9.17) is 11.6 Å². The highest BCUT2D eigenvalue weighted by Crippen LogP contribution is 2.26. The second-order valence-corrected chi connectivity index (χ2v) is 9.75. The van der Waals surface area contributed by atoms with Crippen LogP contribution in [-0.2, 0) is 21.4 Å². The van der Waals surface area contributed by atoms with Crippen molar-refractivity contribution >= 4 is 27.5 Å². The number of halogens is 1. The van der Waals surface area contributed by atoms with Gasteiger partial charge in [-0.25, -0.2) is 8.42 Å². The number of piperidine rings is 1. The fourth-order valence-electron chi connectivity index (χ4n) is 3.70. The van der Waals surface area contributed by atoms with E-state index in [0.717, 1.165) is 12.0 Å². The Balaban J connectivity index is 1.64. The summed E-state index contributed by atoms with van der Waals surface area (Å²) in [6.45, 7) is 4.07. The molecule has 1 aliphatic rings. The van der Waals surface area contributed by atoms with Gasteiger partial charge in [0.25, 0.3) is 0 Å². The van der Waals surface area contributed by atoms with E-state index in [1.54, 1.807) is 12.1 Å². The molecule has 1 fully saturated rings. The lowest BCUT2D eigenvalue weighted by Gasteiger charge is -2.33. The van der Waals surface area contributed by atoms with Gasteiger partial charge in [0.2, 0.25) is 15.9 Å². The minimum atomic E-state index is -3.56. The zero-order valence-electron chi connectivity index (χ0n) is 16.6. The van der Waals surface area contributed by atoms with Crippen LogP contribution >= 0.6 is 11.6 Å². The van der Waals surface area contributed by atoms with Crippen LogP contribution in [-0.4, -0.2) is 43.2 Å². The molecule has 2 aromatic rings. The molecule has 1 aliphatic heterocycles. The van der Waals surface area contributed by atoms with Crippen LogP contribution in [0.5, 0.6) is 0 Å². The Morgan fingerprint density at radius 2 is 1.69 bits per heavy atom. The van der Waals surface area contributed by atoms with Gasteiger partial charge in [-0.15, -0.1) is 0 Å². The second kappa shape index (κ2) is 9.74. The van der Waals surface area contributed by atoms with Gasteiger partial charge in [-0.2, -0.15) is 4.31 Å². The van der Waals surface area contributed by atoms with Crippen molar-refractivity contribution in [2.75, 3.05) is 19.6 Å². The molecule has 0 atom stereocenters. The van der Waals surface area contributed by atoms with Crippen molar-refractivity contribution in [1.82, 2.24) is 9.21 Å². The van der Waals surface area contributed by atoms with Crippen LogP contribution in [0.1, 0.15) is 31.7 Å². The van der Waals surface area contributed by atoms with E-state index in [1.807, 2.05) is 35.2 Å². The van der Waals surface area contributed by atoms with E-state index in [1.165, 1.54) is 16.4 Å². The summed E-state index contributed by atoms with van der Waals surface area (Å²) in [5, 5.41) is 0.502. The molecule has 1 amide bonds. The van der Waals surface area contributed by atoms with Gasteiger partial charge in [-0.1, -0.05) is 48.9 Å². The first kappa shape index (κ1) is 21.8. The average Bonchev–Trinajstić information content (AvgIpc) is 2.74. The van der Waals surface area contributed by atoms with Crippen LogP contribution in [0.4, 0.5) is 0 Å². The third-order valence-corrected chi connectivity index (χ3v) is 7.44. The molecule has 2 aromatic carbocycles. The van der Waals surface area contributed by atoms with Crippen molar-refractivity contribution in [2.45, 2.75) is 37.6 Å². The van der Waals surface area contributed by atoms with E-state index in [2.05, 4.69) is 6.92 Å². The average molecular weight is 435 g/mol. The summed E-state index contributed by atoms with van der Waals surface area (Å²) in [7, 11) is -3.56. The predicted octanol–water partition coefficient (Wildman–Crippen LogP) is 4.18. The van der Waals surface area contributed by atoms with E-state index in [-0.39, 0.29) is 16.7 Å². The molecule has 0 bridgehead atoms. The molecule has 0 unspecified atom stereocenters. The maximum Gasteiger partial charge on any atom is 0.243 e. The minimum absolute atomic E-state index is 0.124. The van der Waals surface area contributed by atoms with Crippen molar-refractivity contribution < 1.29 is 13.2 Å². The minimum Gasteiger partial charge on any atom is -0.338 e. The molecule has 1 heterocycles. The van der Waals surface area contributed by atoms with Crippen LogP contribution in [0.3, 0.4) is 0 Å². The van der Waals surface area contributed by atoms with Crippen LogP contribution in [0.2, 0.25) is 5.02 Å². The van der Waals surface area contributed by atoms with E-state index < -0.39 is 10.0 Å². The fourth-order valence-corrected chi connectivity index (χ4v) is 5.29. The molecule has 1 saturated heterocycles. The van der Waals surface area contributed by atoms with Crippen molar-refractivity contribution in [3.05, 3.63) is 65.2 Å². The summed E-state index contributed by atoms with van der Waals surface area (Å²) in [5.74, 6) is -0.0128. The summed E-state index contributed by atoms with van der Waals surface area (Å²) in [5.41, 5.74) is 1.11. The highest BCUT2D eigenvalue weighted by molar-refractivity contribution is 7.89. The highest BCUT2D eigenvalue weighted by atomic mass is 35.5. The summed E-state index contributed by atoms with van der Waals surface area (Å²) in [6, 6.07) is 16.2. The molecule has 5 nitrogen and oxygen atoms in total. The van der Waals surface area contributed by atoms with Gasteiger partial charge in [0.15, 0.2) is 0 Å². The molecule has 7 heteroatoms. The van der Waals surface area contributed by atoms with Gasteiger partial charge in [0.1, 0.15) is 0 Å². The maximum atomic E-state index is 13.1. The highest BCUT2D eigenvalue weighted by Gasteiger charge is 2.33. The molecule has 0 N–H and O–H groups in total. The summed E-state index contributed by atoms with van der Waals surface area (Å²) >= 11 is 5.86. The largest absolute Gasteiger partial charge is 0.338 e. The van der Waals surface area contributed by atoms with Gasteiger partial charge in [0.05, 0.1) is 4.90 Å². The standard InChI is InChI=1S/C22H27ClN2O3S/c1-2-14-24(17-18-6-4-3-5-7-18)22(26)19-12-15-25(16-13-19)29(27,28)21-10-8-20(23)9-11-21/h3-11,19H,2,12-17H2,1H3. The normalized spacial score (nSPS) is 15.9. The Labute approximate surface area is 178 Å². The zero-order valence-corrected chi connectivity index (χ0v) is 18.2. The number of rotatable bonds is 7. The number of carbonyl (C=O) groups excluding carboxylic acids is 1. The van der Waals surface area contributed by atoms with Gasteiger partial charge in [0, 0.05) is 37.1 Å². The number of hydrogen-bond donors (Lipinski definition) is 0. The molecule has 29 heavy (non-hydrogen) atoms. The summed E-state index contributed by atoms with van der Waals surface area (Å²) in [6.07, 6.45) is 1.98. The van der Waals surface area contributed by atoms with E-state index in [0.29, 0.717) is 44.0 Å². The van der Waals surface area contributed by atoms with Crippen molar-refractivity contribution in [1.29, 1.82) is 0 Å². The summed E-state index contributed by atoms with van der Waals surface area (Å²) < 4.78 is 27.2. The quantitative estimate of drug-likeness (QED) is 0.656. The lowest BCUT2D eigenvalue weighted by molar-refractivity contribution is -0.137. The lowest BCUT2D eigenvalue weighted by Crippen LogP contribution is -2.44. The third kappa shape index (κ3) is 5.38. The van der Waals surface area contributed by atoms with E-state index in [9.17, 15) is 13.2 Å². The second-order valence-electron chi connectivity index (χ2n) is 7.38. The molecule has 0 radical (unpaired) electrons. The number of amides is 1. The number of carbonyl (C=O) groups is 1. The molecule has 156 valence electrons. The third-order valence-electron chi connectivity index (χ3n) is 5.28. The number of hydrogen-bond acceptors (Lipinski definition) is 3. The first-order valence-corrected chi connectivity index (χ1v) is 11.8. The van der Waals surface area contributed by atoms with Crippen molar-refractivity contribution in [3.8, 4) is 0 Å². The number of benzene rings is 2.